The number of carbonyl (C=O) groups excluding carboxylic acids is 1. The van der Waals surface area contributed by atoms with Gasteiger partial charge in [-0.05, 0) is 44.0 Å². The molecule has 0 saturated heterocycles. The van der Waals surface area contributed by atoms with Gasteiger partial charge in [0.25, 0.3) is 0 Å². The fourth-order valence-electron chi connectivity index (χ4n) is 1.58. The minimum absolute atomic E-state index is 0.0240. The van der Waals surface area contributed by atoms with Crippen molar-refractivity contribution in [3.8, 4) is 0 Å². The van der Waals surface area contributed by atoms with Crippen LogP contribution < -0.4 is 10.6 Å². The summed E-state index contributed by atoms with van der Waals surface area (Å²) in [4.78, 5) is 11.6. The van der Waals surface area contributed by atoms with Crippen LogP contribution in [0.4, 0.5) is 4.39 Å². The highest BCUT2D eigenvalue weighted by Crippen LogP contribution is 2.02. The van der Waals surface area contributed by atoms with Crippen molar-refractivity contribution in [2.24, 2.45) is 0 Å². The number of halogens is 1. The molecule has 0 bridgehead atoms. The fraction of sp³-hybridized carbons (Fsp3) is 0.500. The summed E-state index contributed by atoms with van der Waals surface area (Å²) in [7, 11) is 0. The van der Waals surface area contributed by atoms with Crippen molar-refractivity contribution in [3.05, 3.63) is 35.6 Å². The van der Waals surface area contributed by atoms with E-state index >= 15 is 0 Å². The van der Waals surface area contributed by atoms with Gasteiger partial charge in [0.05, 0.1) is 6.04 Å². The quantitative estimate of drug-likeness (QED) is 0.778. The van der Waals surface area contributed by atoms with Gasteiger partial charge in [0, 0.05) is 6.54 Å². The van der Waals surface area contributed by atoms with Gasteiger partial charge in [0.1, 0.15) is 5.82 Å². The molecule has 100 valence electrons. The molecule has 1 amide bonds. The molecule has 0 aliphatic rings. The van der Waals surface area contributed by atoms with Crippen LogP contribution in [0.1, 0.15) is 25.8 Å². The number of hydrogen-bond acceptors (Lipinski definition) is 2. The summed E-state index contributed by atoms with van der Waals surface area (Å²) >= 11 is 0. The summed E-state index contributed by atoms with van der Waals surface area (Å²) in [6.45, 7) is 5.28. The summed E-state index contributed by atoms with van der Waals surface area (Å²) in [5.41, 5.74) is 1.06. The molecule has 1 aromatic carbocycles. The van der Waals surface area contributed by atoms with Crippen LogP contribution in [-0.4, -0.2) is 25.0 Å². The smallest absolute Gasteiger partial charge is 0.236 e. The number of carbonyl (C=O) groups is 1. The molecule has 0 aromatic heterocycles. The second-order valence-electron chi connectivity index (χ2n) is 4.34. The Morgan fingerprint density at radius 1 is 1.28 bits per heavy atom. The minimum Gasteiger partial charge on any atom is -0.355 e. The van der Waals surface area contributed by atoms with E-state index in [0.29, 0.717) is 13.1 Å². The summed E-state index contributed by atoms with van der Waals surface area (Å²) < 4.78 is 12.7. The molecule has 0 aliphatic heterocycles. The number of amides is 1. The van der Waals surface area contributed by atoms with Gasteiger partial charge >= 0.3 is 0 Å². The zero-order chi connectivity index (χ0) is 13.4. The van der Waals surface area contributed by atoms with E-state index in [1.165, 1.54) is 12.1 Å². The number of rotatable bonds is 7. The van der Waals surface area contributed by atoms with Gasteiger partial charge in [-0.3, -0.25) is 4.79 Å². The SMILES string of the molecule is CCCNC(=O)C(C)NCCc1ccc(F)cc1. The Hall–Kier alpha value is -1.42. The number of nitrogens with one attached hydrogen (secondary N) is 2. The molecule has 18 heavy (non-hydrogen) atoms. The van der Waals surface area contributed by atoms with Crippen LogP contribution in [0, 0.1) is 5.82 Å². The van der Waals surface area contributed by atoms with Crippen LogP contribution >= 0.6 is 0 Å². The zero-order valence-corrected chi connectivity index (χ0v) is 11.0. The fourth-order valence-corrected chi connectivity index (χ4v) is 1.58. The number of hydrogen-bond donors (Lipinski definition) is 2. The zero-order valence-electron chi connectivity index (χ0n) is 11.0. The Bertz CT molecular complexity index is 365. The normalized spacial score (nSPS) is 12.2. The van der Waals surface area contributed by atoms with E-state index < -0.39 is 0 Å². The molecular formula is C14H21FN2O. The Balaban J connectivity index is 2.24. The van der Waals surface area contributed by atoms with Crippen molar-refractivity contribution in [3.63, 3.8) is 0 Å². The van der Waals surface area contributed by atoms with Crippen molar-refractivity contribution in [1.82, 2.24) is 10.6 Å². The predicted octanol–water partition coefficient (Wildman–Crippen LogP) is 1.87. The maximum Gasteiger partial charge on any atom is 0.236 e. The van der Waals surface area contributed by atoms with Gasteiger partial charge in [0.2, 0.25) is 5.91 Å². The van der Waals surface area contributed by atoms with E-state index in [0.717, 1.165) is 18.4 Å². The van der Waals surface area contributed by atoms with Crippen LogP contribution in [0.25, 0.3) is 0 Å². The van der Waals surface area contributed by atoms with Crippen LogP contribution in [0.3, 0.4) is 0 Å². The highest BCUT2D eigenvalue weighted by molar-refractivity contribution is 5.81. The third kappa shape index (κ3) is 5.27. The first kappa shape index (κ1) is 14.6. The van der Waals surface area contributed by atoms with Crippen LogP contribution in [0.15, 0.2) is 24.3 Å². The van der Waals surface area contributed by atoms with E-state index in [1.54, 1.807) is 12.1 Å². The second kappa shape index (κ2) is 7.82. The van der Waals surface area contributed by atoms with E-state index in [2.05, 4.69) is 10.6 Å². The van der Waals surface area contributed by atoms with Crippen LogP contribution in [-0.2, 0) is 11.2 Å². The maximum atomic E-state index is 12.7. The average molecular weight is 252 g/mol. The average Bonchev–Trinajstić information content (AvgIpc) is 2.38. The molecule has 2 N–H and O–H groups in total. The standard InChI is InChI=1S/C14H21FN2O/c1-3-9-17-14(18)11(2)16-10-8-12-4-6-13(15)7-5-12/h4-7,11,16H,3,8-10H2,1-2H3,(H,17,18). The molecule has 3 nitrogen and oxygen atoms in total. The third-order valence-electron chi connectivity index (χ3n) is 2.72. The summed E-state index contributed by atoms with van der Waals surface area (Å²) in [6.07, 6.45) is 1.72. The van der Waals surface area contributed by atoms with Gasteiger partial charge in [0.15, 0.2) is 0 Å². The minimum atomic E-state index is -0.223. The molecule has 1 aromatic rings. The van der Waals surface area contributed by atoms with Crippen LogP contribution in [0.2, 0.25) is 0 Å². The maximum absolute atomic E-state index is 12.7. The van der Waals surface area contributed by atoms with E-state index in [9.17, 15) is 9.18 Å². The molecule has 0 fully saturated rings. The Labute approximate surface area is 108 Å². The second-order valence-corrected chi connectivity index (χ2v) is 4.34. The molecule has 0 spiro atoms. The number of benzene rings is 1. The lowest BCUT2D eigenvalue weighted by atomic mass is 10.1. The monoisotopic (exact) mass is 252 g/mol. The summed E-state index contributed by atoms with van der Waals surface area (Å²) in [5, 5.41) is 5.99. The molecular weight excluding hydrogens is 231 g/mol. The summed E-state index contributed by atoms with van der Waals surface area (Å²) in [5.74, 6) is -0.199. The molecule has 0 heterocycles. The van der Waals surface area contributed by atoms with Gasteiger partial charge in [-0.25, -0.2) is 4.39 Å². The van der Waals surface area contributed by atoms with Gasteiger partial charge in [-0.1, -0.05) is 19.1 Å². The predicted molar refractivity (Wildman–Crippen MR) is 70.9 cm³/mol. The van der Waals surface area contributed by atoms with E-state index in [-0.39, 0.29) is 17.8 Å². The topological polar surface area (TPSA) is 41.1 Å². The Kier molecular flexibility index (Phi) is 6.36. The van der Waals surface area contributed by atoms with Crippen molar-refractivity contribution in [2.45, 2.75) is 32.7 Å². The molecule has 0 saturated carbocycles. The summed E-state index contributed by atoms with van der Waals surface area (Å²) in [6, 6.07) is 6.23. The molecule has 0 aliphatic carbocycles. The lowest BCUT2D eigenvalue weighted by molar-refractivity contribution is -0.122. The van der Waals surface area contributed by atoms with Gasteiger partial charge in [-0.2, -0.15) is 0 Å². The Morgan fingerprint density at radius 3 is 2.56 bits per heavy atom. The largest absolute Gasteiger partial charge is 0.355 e. The first-order valence-corrected chi connectivity index (χ1v) is 6.39. The third-order valence-corrected chi connectivity index (χ3v) is 2.72. The molecule has 0 radical (unpaired) electrons. The van der Waals surface area contributed by atoms with E-state index in [1.807, 2.05) is 13.8 Å². The first-order valence-electron chi connectivity index (χ1n) is 6.39. The lowest BCUT2D eigenvalue weighted by Crippen LogP contribution is -2.43. The molecule has 4 heteroatoms. The Morgan fingerprint density at radius 2 is 1.94 bits per heavy atom. The van der Waals surface area contributed by atoms with E-state index in [4.69, 9.17) is 0 Å². The van der Waals surface area contributed by atoms with Crippen molar-refractivity contribution >= 4 is 5.91 Å². The van der Waals surface area contributed by atoms with Gasteiger partial charge < -0.3 is 10.6 Å². The van der Waals surface area contributed by atoms with Crippen molar-refractivity contribution in [2.75, 3.05) is 13.1 Å². The lowest BCUT2D eigenvalue weighted by Gasteiger charge is -2.13. The highest BCUT2D eigenvalue weighted by Gasteiger charge is 2.10. The van der Waals surface area contributed by atoms with Gasteiger partial charge in [-0.15, -0.1) is 0 Å². The molecule has 1 atom stereocenters. The van der Waals surface area contributed by atoms with Crippen LogP contribution in [0.5, 0.6) is 0 Å². The molecule has 1 rings (SSSR count). The molecule has 1 unspecified atom stereocenters. The van der Waals surface area contributed by atoms with Crippen molar-refractivity contribution < 1.29 is 9.18 Å². The first-order chi connectivity index (χ1) is 8.63. The van der Waals surface area contributed by atoms with Crippen molar-refractivity contribution in [1.29, 1.82) is 0 Å². The highest BCUT2D eigenvalue weighted by atomic mass is 19.1.